The normalized spacial score (nSPS) is 11.0. The first-order valence-corrected chi connectivity index (χ1v) is 10.8. The zero-order valence-corrected chi connectivity index (χ0v) is 17.9. The first-order chi connectivity index (χ1) is 14.3. The fourth-order valence-electron chi connectivity index (χ4n) is 2.93. The van der Waals surface area contributed by atoms with Crippen LogP contribution in [-0.4, -0.2) is 33.4 Å². The lowest BCUT2D eigenvalue weighted by Gasteiger charge is -2.18. The molecule has 0 atom stereocenters. The Morgan fingerprint density at radius 3 is 2.30 bits per heavy atom. The van der Waals surface area contributed by atoms with Crippen LogP contribution in [0.2, 0.25) is 0 Å². The van der Waals surface area contributed by atoms with Gasteiger partial charge in [0.2, 0.25) is 0 Å². The van der Waals surface area contributed by atoms with Crippen LogP contribution in [0.3, 0.4) is 0 Å². The Hall–Kier alpha value is -3.32. The van der Waals surface area contributed by atoms with Gasteiger partial charge in [0, 0.05) is 24.8 Å². The minimum Gasteiger partial charge on any atom is -0.497 e. The molecule has 0 unspecified atom stereocenters. The van der Waals surface area contributed by atoms with E-state index in [0.717, 1.165) is 16.9 Å². The molecule has 6 nitrogen and oxygen atoms in total. The number of rotatable bonds is 7. The first kappa shape index (κ1) is 21.4. The van der Waals surface area contributed by atoms with E-state index < -0.39 is 10.0 Å². The van der Waals surface area contributed by atoms with Crippen LogP contribution in [0.25, 0.3) is 0 Å². The molecule has 30 heavy (non-hydrogen) atoms. The van der Waals surface area contributed by atoms with Crippen LogP contribution in [0.5, 0.6) is 5.75 Å². The SMILES string of the molecule is COc1ccc(CN(C)C(=O)c2cccc(S(=O)(=O)Nc3ccc(C)cc3)c2)cc1. The van der Waals surface area contributed by atoms with E-state index in [1.54, 1.807) is 43.3 Å². The Balaban J connectivity index is 1.75. The van der Waals surface area contributed by atoms with Crippen LogP contribution in [0.15, 0.2) is 77.7 Å². The fraction of sp³-hybridized carbons (Fsp3) is 0.174. The maximum Gasteiger partial charge on any atom is 0.261 e. The van der Waals surface area contributed by atoms with Gasteiger partial charge >= 0.3 is 0 Å². The van der Waals surface area contributed by atoms with Crippen LogP contribution in [0, 0.1) is 6.92 Å². The molecular weight excluding hydrogens is 400 g/mol. The summed E-state index contributed by atoms with van der Waals surface area (Å²) in [4.78, 5) is 14.4. The fourth-order valence-corrected chi connectivity index (χ4v) is 4.03. The van der Waals surface area contributed by atoms with Crippen molar-refractivity contribution in [2.45, 2.75) is 18.4 Å². The molecule has 0 fully saturated rings. The van der Waals surface area contributed by atoms with Crippen LogP contribution in [0.1, 0.15) is 21.5 Å². The molecule has 0 heterocycles. The first-order valence-electron chi connectivity index (χ1n) is 9.36. The van der Waals surface area contributed by atoms with Gasteiger partial charge in [-0.25, -0.2) is 8.42 Å². The predicted octanol–water partition coefficient (Wildman–Crippen LogP) is 4.08. The molecule has 7 heteroatoms. The van der Waals surface area contributed by atoms with Gasteiger partial charge in [-0.1, -0.05) is 35.9 Å². The topological polar surface area (TPSA) is 75.7 Å². The number of sulfonamides is 1. The summed E-state index contributed by atoms with van der Waals surface area (Å²) >= 11 is 0. The predicted molar refractivity (Wildman–Crippen MR) is 117 cm³/mol. The van der Waals surface area contributed by atoms with E-state index in [0.29, 0.717) is 17.8 Å². The molecule has 0 saturated heterocycles. The lowest BCUT2D eigenvalue weighted by Crippen LogP contribution is -2.26. The molecule has 1 N–H and O–H groups in total. The second-order valence-electron chi connectivity index (χ2n) is 7.01. The highest BCUT2D eigenvalue weighted by molar-refractivity contribution is 7.92. The van der Waals surface area contributed by atoms with Crippen LogP contribution in [-0.2, 0) is 16.6 Å². The Morgan fingerprint density at radius 1 is 1.00 bits per heavy atom. The number of hydrogen-bond donors (Lipinski definition) is 1. The number of carbonyl (C=O) groups excluding carboxylic acids is 1. The summed E-state index contributed by atoms with van der Waals surface area (Å²) in [5.41, 5.74) is 2.74. The third-order valence-corrected chi connectivity index (χ3v) is 6.00. The lowest BCUT2D eigenvalue weighted by atomic mass is 10.1. The number of benzene rings is 3. The van der Waals surface area contributed by atoms with Gasteiger partial charge in [0.15, 0.2) is 0 Å². The number of ether oxygens (including phenoxy) is 1. The van der Waals surface area contributed by atoms with Crippen LogP contribution in [0.4, 0.5) is 5.69 Å². The Labute approximate surface area is 177 Å². The van der Waals surface area contributed by atoms with E-state index in [2.05, 4.69) is 4.72 Å². The summed E-state index contributed by atoms with van der Waals surface area (Å²) in [6.07, 6.45) is 0. The van der Waals surface area contributed by atoms with Gasteiger partial charge in [-0.3, -0.25) is 9.52 Å². The zero-order valence-electron chi connectivity index (χ0n) is 17.1. The lowest BCUT2D eigenvalue weighted by molar-refractivity contribution is 0.0785. The third kappa shape index (κ3) is 5.18. The summed E-state index contributed by atoms with van der Waals surface area (Å²) in [5.74, 6) is 0.477. The second kappa shape index (κ2) is 9.00. The van der Waals surface area contributed by atoms with Gasteiger partial charge < -0.3 is 9.64 Å². The monoisotopic (exact) mass is 424 g/mol. The van der Waals surface area contributed by atoms with Crippen molar-refractivity contribution < 1.29 is 17.9 Å². The second-order valence-corrected chi connectivity index (χ2v) is 8.69. The summed E-state index contributed by atoms with van der Waals surface area (Å²) < 4.78 is 33.2. The number of carbonyl (C=O) groups is 1. The number of nitrogens with one attached hydrogen (secondary N) is 1. The molecule has 0 spiro atoms. The minimum absolute atomic E-state index is 0.0340. The summed E-state index contributed by atoms with van der Waals surface area (Å²) in [7, 11) is -0.534. The smallest absolute Gasteiger partial charge is 0.261 e. The maximum absolute atomic E-state index is 12.8. The van der Waals surface area contributed by atoms with Gasteiger partial charge in [-0.15, -0.1) is 0 Å². The van der Waals surface area contributed by atoms with E-state index in [4.69, 9.17) is 4.74 Å². The van der Waals surface area contributed by atoms with Crippen molar-refractivity contribution in [3.05, 3.63) is 89.5 Å². The van der Waals surface area contributed by atoms with Crippen molar-refractivity contribution in [2.24, 2.45) is 0 Å². The summed E-state index contributed by atoms with van der Waals surface area (Å²) in [6, 6.07) is 20.5. The molecule has 3 aromatic rings. The van der Waals surface area contributed by atoms with E-state index in [1.807, 2.05) is 43.3 Å². The van der Waals surface area contributed by atoms with Gasteiger partial charge in [-0.2, -0.15) is 0 Å². The molecule has 0 bridgehead atoms. The molecule has 3 rings (SSSR count). The van der Waals surface area contributed by atoms with Crippen LogP contribution < -0.4 is 9.46 Å². The van der Waals surface area contributed by atoms with Crippen LogP contribution >= 0.6 is 0 Å². The average molecular weight is 425 g/mol. The minimum atomic E-state index is -3.81. The van der Waals surface area contributed by atoms with E-state index in [-0.39, 0.29) is 10.8 Å². The van der Waals surface area contributed by atoms with Gasteiger partial charge in [0.1, 0.15) is 5.75 Å². The summed E-state index contributed by atoms with van der Waals surface area (Å²) in [6.45, 7) is 2.32. The van der Waals surface area contributed by atoms with Crippen molar-refractivity contribution in [2.75, 3.05) is 18.9 Å². The molecule has 0 aliphatic carbocycles. The van der Waals surface area contributed by atoms with Gasteiger partial charge in [0.25, 0.3) is 15.9 Å². The molecule has 1 amide bonds. The molecule has 156 valence electrons. The largest absolute Gasteiger partial charge is 0.497 e. The standard InChI is InChI=1S/C23H24N2O4S/c1-17-7-11-20(12-8-17)24-30(27,28)22-6-4-5-19(15-22)23(26)25(2)16-18-9-13-21(29-3)14-10-18/h4-15,24H,16H2,1-3H3. The number of anilines is 1. The molecule has 3 aromatic carbocycles. The number of methoxy groups -OCH3 is 1. The highest BCUT2D eigenvalue weighted by Crippen LogP contribution is 2.19. The van der Waals surface area contributed by atoms with E-state index >= 15 is 0 Å². The number of amides is 1. The van der Waals surface area contributed by atoms with Crippen molar-refractivity contribution in [3.63, 3.8) is 0 Å². The summed E-state index contributed by atoms with van der Waals surface area (Å²) in [5, 5.41) is 0. The maximum atomic E-state index is 12.8. The molecule has 0 aliphatic heterocycles. The number of hydrogen-bond acceptors (Lipinski definition) is 4. The van der Waals surface area contributed by atoms with Crippen molar-refractivity contribution in [1.82, 2.24) is 4.90 Å². The molecular formula is C23H24N2O4S. The molecule has 0 radical (unpaired) electrons. The third-order valence-electron chi connectivity index (χ3n) is 4.62. The Morgan fingerprint density at radius 2 is 1.67 bits per heavy atom. The molecule has 0 aliphatic rings. The molecule has 0 saturated carbocycles. The van der Waals surface area contributed by atoms with Crippen molar-refractivity contribution >= 4 is 21.6 Å². The Bertz CT molecular complexity index is 1120. The van der Waals surface area contributed by atoms with E-state index in [1.165, 1.54) is 12.1 Å². The van der Waals surface area contributed by atoms with Gasteiger partial charge in [-0.05, 0) is 55.0 Å². The van der Waals surface area contributed by atoms with Crippen molar-refractivity contribution in [1.29, 1.82) is 0 Å². The average Bonchev–Trinajstić information content (AvgIpc) is 2.75. The molecule has 0 aromatic heterocycles. The number of aryl methyl sites for hydroxylation is 1. The van der Waals surface area contributed by atoms with Crippen molar-refractivity contribution in [3.8, 4) is 5.75 Å². The van der Waals surface area contributed by atoms with E-state index in [9.17, 15) is 13.2 Å². The van der Waals surface area contributed by atoms with Gasteiger partial charge in [0.05, 0.1) is 12.0 Å². The Kier molecular flexibility index (Phi) is 6.42. The quantitative estimate of drug-likeness (QED) is 0.620. The highest BCUT2D eigenvalue weighted by Gasteiger charge is 2.18. The highest BCUT2D eigenvalue weighted by atomic mass is 32.2. The zero-order chi connectivity index (χ0) is 21.7. The number of nitrogens with zero attached hydrogens (tertiary/aromatic N) is 1.